The molecule has 0 saturated carbocycles. The van der Waals surface area contributed by atoms with Crippen molar-refractivity contribution in [3.05, 3.63) is 446 Å². The van der Waals surface area contributed by atoms with Gasteiger partial charge in [-0.1, -0.05) is 390 Å². The van der Waals surface area contributed by atoms with E-state index in [0.717, 1.165) is 120 Å². The average molecular weight is 1470 g/mol. The summed E-state index contributed by atoms with van der Waals surface area (Å²) in [7, 11) is 0. The van der Waals surface area contributed by atoms with Gasteiger partial charge in [-0.2, -0.15) is 0 Å². The molecule has 0 radical (unpaired) electrons. The van der Waals surface area contributed by atoms with E-state index in [4.69, 9.17) is 19.4 Å². The van der Waals surface area contributed by atoms with E-state index in [1.807, 2.05) is 0 Å². The summed E-state index contributed by atoms with van der Waals surface area (Å²) in [6.45, 7) is 1.29. The second-order valence-electron chi connectivity index (χ2n) is 30.1. The van der Waals surface area contributed by atoms with E-state index >= 15 is 0 Å². The van der Waals surface area contributed by atoms with Crippen molar-refractivity contribution in [1.29, 1.82) is 0 Å². The van der Waals surface area contributed by atoms with Gasteiger partial charge < -0.3 is 9.47 Å². The minimum Gasteiger partial charge on any atom is -0.494 e. The van der Waals surface area contributed by atoms with Crippen LogP contribution in [0.4, 0.5) is 0 Å². The van der Waals surface area contributed by atoms with Crippen LogP contribution in [-0.4, -0.2) is 23.2 Å². The second kappa shape index (κ2) is 35.0. The van der Waals surface area contributed by atoms with E-state index in [9.17, 15) is 0 Å². The van der Waals surface area contributed by atoms with Crippen molar-refractivity contribution < 1.29 is 9.47 Å². The number of nitrogens with zero attached hydrogens (tertiary/aromatic N) is 2. The highest BCUT2D eigenvalue weighted by atomic mass is 16.5. The van der Waals surface area contributed by atoms with E-state index in [0.29, 0.717) is 13.2 Å². The predicted octanol–water partition coefficient (Wildman–Crippen LogP) is 28.8. The Morgan fingerprint density at radius 1 is 0.175 bits per heavy atom. The van der Waals surface area contributed by atoms with Crippen molar-refractivity contribution >= 4 is 21.8 Å². The third kappa shape index (κ3) is 16.4. The number of aromatic nitrogens is 2. The Hall–Kier alpha value is -13.3. The van der Waals surface area contributed by atoms with Gasteiger partial charge in [0.15, 0.2) is 0 Å². The van der Waals surface area contributed by atoms with Crippen molar-refractivity contribution in [3.8, 4) is 101 Å². The Balaban J connectivity index is 0.529. The molecule has 4 nitrogen and oxygen atoms in total. The summed E-state index contributed by atoms with van der Waals surface area (Å²) in [5, 5.41) is 2.10. The Morgan fingerprint density at radius 2 is 0.377 bits per heavy atom. The SMILES string of the molecule is c1ccc(-c2ccc(C(CCCCCCOc3ccc(-c4ccc5ccc6ccc(-c7ccc(OCCCCCCC(c8ccc(-c9ccccc9)cc8)(c8ccc(-c9ccccc9)cc8)c8ccc(-c9ccccc9)cc8)cc7)nc6c5n4)cc3)(c3ccc(-c4ccccc4)cc3)c3ccc(-c4ccccc4)cc3)cc2)cc1. The van der Waals surface area contributed by atoms with Crippen LogP contribution in [0.25, 0.3) is 111 Å². The van der Waals surface area contributed by atoms with Gasteiger partial charge in [0.25, 0.3) is 0 Å². The number of hydrogen-bond donors (Lipinski definition) is 0. The molecular formula is C110H92N2O2. The molecule has 2 heterocycles. The largest absolute Gasteiger partial charge is 0.494 e. The molecule has 0 aliphatic carbocycles. The quantitative estimate of drug-likeness (QED) is 0.0256. The van der Waals surface area contributed by atoms with Gasteiger partial charge in [-0.25, -0.2) is 9.97 Å². The first-order chi connectivity index (χ1) is 56.5. The average Bonchev–Trinajstić information content (AvgIpc) is 0.755. The molecule has 114 heavy (non-hydrogen) atoms. The smallest absolute Gasteiger partial charge is 0.119 e. The maximum atomic E-state index is 6.46. The van der Waals surface area contributed by atoms with Gasteiger partial charge in [0.05, 0.1) is 35.6 Å². The van der Waals surface area contributed by atoms with Crippen LogP contribution >= 0.6 is 0 Å². The zero-order chi connectivity index (χ0) is 76.6. The molecule has 0 bridgehead atoms. The summed E-state index contributed by atoms with van der Waals surface area (Å²) >= 11 is 0. The number of benzene rings is 15. The van der Waals surface area contributed by atoms with E-state index < -0.39 is 10.8 Å². The van der Waals surface area contributed by atoms with Gasteiger partial charge in [-0.05, 0) is 186 Å². The fraction of sp³-hybridized carbons (Fsp3) is 0.127. The van der Waals surface area contributed by atoms with Gasteiger partial charge in [0, 0.05) is 32.7 Å². The van der Waals surface area contributed by atoms with Crippen molar-refractivity contribution in [2.45, 2.75) is 75.0 Å². The summed E-state index contributed by atoms with van der Waals surface area (Å²) in [6.07, 6.45) is 10.2. The Morgan fingerprint density at radius 3 is 0.614 bits per heavy atom. The molecule has 2 aromatic heterocycles. The van der Waals surface area contributed by atoms with E-state index in [1.54, 1.807) is 0 Å². The third-order valence-electron chi connectivity index (χ3n) is 23.2. The van der Waals surface area contributed by atoms with Crippen LogP contribution in [0.15, 0.2) is 413 Å². The molecule has 17 rings (SSSR count). The maximum Gasteiger partial charge on any atom is 0.119 e. The third-order valence-corrected chi connectivity index (χ3v) is 23.2. The van der Waals surface area contributed by atoms with Crippen LogP contribution in [0.1, 0.15) is 97.6 Å². The van der Waals surface area contributed by atoms with Gasteiger partial charge in [0.2, 0.25) is 0 Å². The van der Waals surface area contributed by atoms with Gasteiger partial charge in [-0.3, -0.25) is 0 Å². The molecule has 4 heteroatoms. The minimum absolute atomic E-state index is 0.395. The summed E-state index contributed by atoms with van der Waals surface area (Å²) in [5.74, 6) is 1.72. The minimum atomic E-state index is -0.395. The Bertz CT molecular complexity index is 5150. The Kier molecular flexibility index (Phi) is 22.5. The topological polar surface area (TPSA) is 44.2 Å². The van der Waals surface area contributed by atoms with Crippen LogP contribution in [0.2, 0.25) is 0 Å². The summed E-state index contributed by atoms with van der Waals surface area (Å²) in [4.78, 5) is 10.6. The number of fused-ring (bicyclic) bond motifs is 3. The molecule has 0 N–H and O–H groups in total. The monoisotopic (exact) mass is 1470 g/mol. The molecule has 17 aromatic rings. The molecule has 0 spiro atoms. The van der Waals surface area contributed by atoms with E-state index in [2.05, 4.69) is 413 Å². The van der Waals surface area contributed by atoms with Crippen molar-refractivity contribution in [1.82, 2.24) is 9.97 Å². The maximum absolute atomic E-state index is 6.46. The van der Waals surface area contributed by atoms with Crippen molar-refractivity contribution in [2.24, 2.45) is 0 Å². The van der Waals surface area contributed by atoms with Crippen molar-refractivity contribution in [2.75, 3.05) is 13.2 Å². The number of pyridine rings is 2. The van der Waals surface area contributed by atoms with Gasteiger partial charge >= 0.3 is 0 Å². The highest BCUT2D eigenvalue weighted by Crippen LogP contribution is 2.48. The normalized spacial score (nSPS) is 11.6. The first-order valence-electron chi connectivity index (χ1n) is 40.6. The summed E-state index contributed by atoms with van der Waals surface area (Å²) in [6, 6.07) is 150. The second-order valence-corrected chi connectivity index (χ2v) is 30.1. The molecule has 15 aromatic carbocycles. The molecule has 0 atom stereocenters. The fourth-order valence-electron chi connectivity index (χ4n) is 16.9. The lowest BCUT2D eigenvalue weighted by Gasteiger charge is -2.37. The summed E-state index contributed by atoms with van der Waals surface area (Å²) < 4.78 is 12.9. The first-order valence-corrected chi connectivity index (χ1v) is 40.6. The highest BCUT2D eigenvalue weighted by Gasteiger charge is 2.38. The van der Waals surface area contributed by atoms with Crippen LogP contribution in [-0.2, 0) is 10.8 Å². The number of unbranched alkanes of at least 4 members (excludes halogenated alkanes) is 6. The number of ether oxygens (including phenoxy) is 2. The van der Waals surface area contributed by atoms with Crippen LogP contribution in [0.5, 0.6) is 11.5 Å². The predicted molar refractivity (Wildman–Crippen MR) is 476 cm³/mol. The summed E-state index contributed by atoms with van der Waals surface area (Å²) in [5.41, 5.74) is 27.2. The zero-order valence-corrected chi connectivity index (χ0v) is 64.5. The van der Waals surface area contributed by atoms with E-state index in [1.165, 1.54) is 100 Å². The standard InChI is InChI=1S/C110H92N2O2/c1(23-77-109(97-59-41-87(42-60-97)81-27-11-5-12-28-81,98-61-43-88(44-62-98)82-29-13-6-14-30-82)99-63-45-89(46-64-99)83-31-15-7-16-32-83)3-25-79-113-103-71-53-93(54-72-103)105-75-57-95-39-40-96-58-76-106(112-108(96)107(95)111-105)94-55-73-104(74-56-94)114-80-26-4-2-24-78-110(100-65-47-90(48-66-100)84-33-17-8-18-34-84,101-67-49-91(50-68-101)85-35-19-9-20-36-85)102-69-51-92(52-70-102)86-37-21-10-22-38-86/h5-22,27-76H,1-4,23-26,77-80H2. The van der Waals surface area contributed by atoms with Gasteiger partial charge in [0.1, 0.15) is 11.5 Å². The molecule has 0 aliphatic rings. The lowest BCUT2D eigenvalue weighted by Crippen LogP contribution is -2.29. The zero-order valence-electron chi connectivity index (χ0n) is 64.5. The van der Waals surface area contributed by atoms with Gasteiger partial charge in [-0.15, -0.1) is 0 Å². The molecular weight excluding hydrogens is 1380 g/mol. The molecule has 0 saturated heterocycles. The molecule has 0 aliphatic heterocycles. The van der Waals surface area contributed by atoms with Crippen LogP contribution in [0, 0.1) is 0 Å². The molecule has 0 fully saturated rings. The lowest BCUT2D eigenvalue weighted by molar-refractivity contribution is 0.303. The van der Waals surface area contributed by atoms with Crippen molar-refractivity contribution in [3.63, 3.8) is 0 Å². The highest BCUT2D eigenvalue weighted by molar-refractivity contribution is 6.04. The first kappa shape index (κ1) is 73.5. The Labute approximate surface area is 671 Å². The molecule has 0 unspecified atom stereocenters. The number of rotatable bonds is 30. The molecule has 0 amide bonds. The van der Waals surface area contributed by atoms with Crippen LogP contribution < -0.4 is 9.47 Å². The molecule has 554 valence electrons. The van der Waals surface area contributed by atoms with E-state index in [-0.39, 0.29) is 0 Å². The fourth-order valence-corrected chi connectivity index (χ4v) is 16.9. The lowest BCUT2D eigenvalue weighted by atomic mass is 9.66. The van der Waals surface area contributed by atoms with Crippen LogP contribution in [0.3, 0.4) is 0 Å². The number of hydrogen-bond acceptors (Lipinski definition) is 4.